The first kappa shape index (κ1) is 20.9. The van der Waals surface area contributed by atoms with Crippen LogP contribution < -0.4 is 5.32 Å². The second kappa shape index (κ2) is 8.98. The van der Waals surface area contributed by atoms with Gasteiger partial charge in [0.25, 0.3) is 5.91 Å². The number of carbonyl (C=O) groups excluding carboxylic acids is 4. The zero-order valence-corrected chi connectivity index (χ0v) is 16.2. The maximum atomic E-state index is 12.3. The Hall–Kier alpha value is -3.42. The first-order chi connectivity index (χ1) is 13.2. The van der Waals surface area contributed by atoms with Crippen molar-refractivity contribution < 1.29 is 28.7 Å². The average molecular weight is 386 g/mol. The summed E-state index contributed by atoms with van der Waals surface area (Å²) >= 11 is 0. The quantitative estimate of drug-likeness (QED) is 0.559. The molecule has 0 unspecified atom stereocenters. The number of ether oxygens (including phenoxy) is 2. The lowest BCUT2D eigenvalue weighted by Gasteiger charge is -2.08. The van der Waals surface area contributed by atoms with Crippen LogP contribution in [0.1, 0.15) is 56.3 Å². The SMILES string of the molecule is CCOC(=O)c1[nH]c(C)c(C(=O)OCC(=O)Nc2ccc(C(C)=O)cc2)c1C. The van der Waals surface area contributed by atoms with Crippen molar-refractivity contribution in [2.75, 3.05) is 18.5 Å². The zero-order valence-electron chi connectivity index (χ0n) is 16.2. The Labute approximate surface area is 162 Å². The largest absolute Gasteiger partial charge is 0.461 e. The number of anilines is 1. The van der Waals surface area contributed by atoms with Crippen LogP contribution in [0.25, 0.3) is 0 Å². The van der Waals surface area contributed by atoms with E-state index in [1.165, 1.54) is 6.92 Å². The van der Waals surface area contributed by atoms with Crippen LogP contribution in [0.5, 0.6) is 0 Å². The maximum absolute atomic E-state index is 12.3. The Kier molecular flexibility index (Phi) is 6.70. The fourth-order valence-electron chi connectivity index (χ4n) is 2.65. The normalized spacial score (nSPS) is 10.3. The molecule has 28 heavy (non-hydrogen) atoms. The standard InChI is InChI=1S/C20H22N2O6/c1-5-27-20(26)18-11(2)17(12(3)21-18)19(25)28-10-16(24)22-15-8-6-14(7-9-15)13(4)23/h6-9,21H,5,10H2,1-4H3,(H,22,24). The molecule has 2 rings (SSSR count). The van der Waals surface area contributed by atoms with Gasteiger partial charge in [0.05, 0.1) is 12.2 Å². The molecule has 0 saturated carbocycles. The summed E-state index contributed by atoms with van der Waals surface area (Å²) < 4.78 is 10.00. The molecule has 1 amide bonds. The van der Waals surface area contributed by atoms with E-state index in [1.807, 2.05) is 0 Å². The number of H-pyrrole nitrogens is 1. The Morgan fingerprint density at radius 1 is 1.00 bits per heavy atom. The second-order valence-electron chi connectivity index (χ2n) is 6.10. The van der Waals surface area contributed by atoms with Crippen LogP contribution in [0.15, 0.2) is 24.3 Å². The third-order valence-electron chi connectivity index (χ3n) is 4.03. The number of hydrogen-bond acceptors (Lipinski definition) is 6. The smallest absolute Gasteiger partial charge is 0.355 e. The highest BCUT2D eigenvalue weighted by Crippen LogP contribution is 2.20. The number of aromatic nitrogens is 1. The van der Waals surface area contributed by atoms with Gasteiger partial charge in [0.2, 0.25) is 0 Å². The third kappa shape index (κ3) is 4.85. The van der Waals surface area contributed by atoms with Gasteiger partial charge >= 0.3 is 11.9 Å². The van der Waals surface area contributed by atoms with Gasteiger partial charge in [0.15, 0.2) is 12.4 Å². The number of carbonyl (C=O) groups is 4. The van der Waals surface area contributed by atoms with E-state index in [-0.39, 0.29) is 23.6 Å². The van der Waals surface area contributed by atoms with Crippen LogP contribution in [0.2, 0.25) is 0 Å². The topological polar surface area (TPSA) is 115 Å². The van der Waals surface area contributed by atoms with Crippen molar-refractivity contribution in [1.82, 2.24) is 4.98 Å². The number of esters is 2. The number of benzene rings is 1. The van der Waals surface area contributed by atoms with Crippen LogP contribution in [0.3, 0.4) is 0 Å². The highest BCUT2D eigenvalue weighted by atomic mass is 16.5. The number of ketones is 1. The molecule has 8 nitrogen and oxygen atoms in total. The lowest BCUT2D eigenvalue weighted by atomic mass is 10.1. The van der Waals surface area contributed by atoms with Gasteiger partial charge in [-0.25, -0.2) is 9.59 Å². The molecule has 1 aromatic carbocycles. The molecule has 1 heterocycles. The van der Waals surface area contributed by atoms with Crippen LogP contribution in [-0.2, 0) is 14.3 Å². The van der Waals surface area contributed by atoms with E-state index in [2.05, 4.69) is 10.3 Å². The van der Waals surface area contributed by atoms with Gasteiger partial charge in [-0.1, -0.05) is 0 Å². The Morgan fingerprint density at radius 3 is 2.21 bits per heavy atom. The minimum Gasteiger partial charge on any atom is -0.461 e. The fourth-order valence-corrected chi connectivity index (χ4v) is 2.65. The first-order valence-electron chi connectivity index (χ1n) is 8.68. The number of hydrogen-bond donors (Lipinski definition) is 2. The van der Waals surface area contributed by atoms with Crippen molar-refractivity contribution in [1.29, 1.82) is 0 Å². The minimum atomic E-state index is -0.719. The lowest BCUT2D eigenvalue weighted by molar-refractivity contribution is -0.119. The fraction of sp³-hybridized carbons (Fsp3) is 0.300. The van der Waals surface area contributed by atoms with Crippen molar-refractivity contribution in [3.8, 4) is 0 Å². The molecule has 1 aromatic heterocycles. The molecule has 2 N–H and O–H groups in total. The molecule has 0 aliphatic heterocycles. The monoisotopic (exact) mass is 386 g/mol. The van der Waals surface area contributed by atoms with Gasteiger partial charge in [-0.15, -0.1) is 0 Å². The number of nitrogens with one attached hydrogen (secondary N) is 2. The minimum absolute atomic E-state index is 0.0776. The van der Waals surface area contributed by atoms with E-state index in [4.69, 9.17) is 9.47 Å². The number of Topliss-reactive ketones (excluding diaryl/α,β-unsaturated/α-hetero) is 1. The van der Waals surface area contributed by atoms with E-state index < -0.39 is 24.5 Å². The summed E-state index contributed by atoms with van der Waals surface area (Å²) in [6.07, 6.45) is 0. The Morgan fingerprint density at radius 2 is 1.64 bits per heavy atom. The van der Waals surface area contributed by atoms with E-state index in [0.717, 1.165) is 0 Å². The summed E-state index contributed by atoms with van der Waals surface area (Å²) in [6, 6.07) is 6.35. The lowest BCUT2D eigenvalue weighted by Crippen LogP contribution is -2.21. The molecule has 148 valence electrons. The van der Waals surface area contributed by atoms with Crippen LogP contribution in [0.4, 0.5) is 5.69 Å². The van der Waals surface area contributed by atoms with Crippen molar-refractivity contribution >= 4 is 29.3 Å². The molecule has 0 aliphatic rings. The first-order valence-corrected chi connectivity index (χ1v) is 8.68. The molecule has 0 radical (unpaired) electrons. The second-order valence-corrected chi connectivity index (χ2v) is 6.10. The molecule has 0 spiro atoms. The van der Waals surface area contributed by atoms with Gasteiger partial charge in [-0.05, 0) is 57.5 Å². The van der Waals surface area contributed by atoms with Crippen LogP contribution >= 0.6 is 0 Å². The van der Waals surface area contributed by atoms with E-state index in [0.29, 0.717) is 22.5 Å². The average Bonchev–Trinajstić information content (AvgIpc) is 2.95. The van der Waals surface area contributed by atoms with E-state index in [1.54, 1.807) is 45.0 Å². The Balaban J connectivity index is 1.99. The van der Waals surface area contributed by atoms with E-state index >= 15 is 0 Å². The summed E-state index contributed by atoms with van der Waals surface area (Å²) in [6.45, 7) is 6.08. The zero-order chi connectivity index (χ0) is 20.8. The molecule has 0 aliphatic carbocycles. The molecule has 0 bridgehead atoms. The van der Waals surface area contributed by atoms with Crippen molar-refractivity contribution in [3.05, 3.63) is 52.3 Å². The van der Waals surface area contributed by atoms with Gasteiger partial charge in [-0.3, -0.25) is 9.59 Å². The summed E-state index contributed by atoms with van der Waals surface area (Å²) in [5.41, 5.74) is 2.24. The van der Waals surface area contributed by atoms with Gasteiger partial charge < -0.3 is 19.8 Å². The molecule has 0 saturated heterocycles. The number of amides is 1. The molecule has 2 aromatic rings. The van der Waals surface area contributed by atoms with Gasteiger partial charge in [0, 0.05) is 16.9 Å². The maximum Gasteiger partial charge on any atom is 0.355 e. The highest BCUT2D eigenvalue weighted by molar-refractivity contribution is 6.00. The molecular weight excluding hydrogens is 364 g/mol. The summed E-state index contributed by atoms with van der Waals surface area (Å²) in [5, 5.41) is 2.57. The third-order valence-corrected chi connectivity index (χ3v) is 4.03. The van der Waals surface area contributed by atoms with E-state index in [9.17, 15) is 19.2 Å². The highest BCUT2D eigenvalue weighted by Gasteiger charge is 2.24. The van der Waals surface area contributed by atoms with Crippen LogP contribution in [0, 0.1) is 13.8 Å². The molecule has 8 heteroatoms. The number of rotatable bonds is 7. The molecule has 0 atom stereocenters. The summed E-state index contributed by atoms with van der Waals surface area (Å²) in [7, 11) is 0. The predicted molar refractivity (Wildman–Crippen MR) is 102 cm³/mol. The van der Waals surface area contributed by atoms with Crippen LogP contribution in [-0.4, -0.2) is 41.8 Å². The van der Waals surface area contributed by atoms with Crippen molar-refractivity contribution in [2.45, 2.75) is 27.7 Å². The summed E-state index contributed by atoms with van der Waals surface area (Å²) in [4.78, 5) is 50.3. The number of aromatic amines is 1. The molecular formula is C20H22N2O6. The summed E-state index contributed by atoms with van der Waals surface area (Å²) in [5.74, 6) is -1.88. The molecule has 0 fully saturated rings. The van der Waals surface area contributed by atoms with Gasteiger partial charge in [0.1, 0.15) is 5.69 Å². The van der Waals surface area contributed by atoms with Gasteiger partial charge in [-0.2, -0.15) is 0 Å². The number of aryl methyl sites for hydroxylation is 1. The Bertz CT molecular complexity index is 912. The predicted octanol–water partition coefficient (Wildman–Crippen LogP) is 2.81. The van der Waals surface area contributed by atoms with Crippen molar-refractivity contribution in [2.24, 2.45) is 0 Å². The van der Waals surface area contributed by atoms with Crippen molar-refractivity contribution in [3.63, 3.8) is 0 Å².